The van der Waals surface area contributed by atoms with E-state index < -0.39 is 0 Å². The molecule has 0 aromatic heterocycles. The van der Waals surface area contributed by atoms with Gasteiger partial charge in [-0.3, -0.25) is 0 Å². The molecule has 0 heterocycles. The fourth-order valence-electron chi connectivity index (χ4n) is 1.82. The number of aliphatic hydroxyl groups excluding tert-OH is 1. The van der Waals surface area contributed by atoms with Crippen LogP contribution in [0.4, 0.5) is 0 Å². The molecule has 0 aliphatic rings. The van der Waals surface area contributed by atoms with Crippen molar-refractivity contribution in [2.24, 2.45) is 11.8 Å². The fourth-order valence-corrected chi connectivity index (χ4v) is 1.82. The Bertz CT molecular complexity index is 291. The van der Waals surface area contributed by atoms with Gasteiger partial charge in [0.05, 0.1) is 0 Å². The van der Waals surface area contributed by atoms with Crippen LogP contribution in [0.1, 0.15) is 31.9 Å². The Hall–Kier alpha value is -0.820. The quantitative estimate of drug-likeness (QED) is 0.785. The molecule has 84 valence electrons. The Morgan fingerprint density at radius 1 is 1.07 bits per heavy atom. The maximum atomic E-state index is 9.01. The smallest absolute Gasteiger partial charge is 0.0459 e. The van der Waals surface area contributed by atoms with Crippen LogP contribution in [-0.2, 0) is 12.8 Å². The summed E-state index contributed by atoms with van der Waals surface area (Å²) in [7, 11) is 0. The maximum absolute atomic E-state index is 9.01. The Morgan fingerprint density at radius 2 is 1.67 bits per heavy atom. The van der Waals surface area contributed by atoms with Crippen molar-refractivity contribution in [3.8, 4) is 0 Å². The van der Waals surface area contributed by atoms with Gasteiger partial charge in [0.15, 0.2) is 0 Å². The molecular formula is C14H22O. The van der Waals surface area contributed by atoms with E-state index in [2.05, 4.69) is 45.0 Å². The normalized spacial score (nSPS) is 13.1. The van der Waals surface area contributed by atoms with Crippen molar-refractivity contribution in [3.05, 3.63) is 35.4 Å². The minimum absolute atomic E-state index is 0.272. The molecule has 0 radical (unpaired) electrons. The standard InChI is InChI=1S/C14H22O/c1-11(2)7-13-5-4-6-14(9-13)8-12(3)10-15/h4-6,9,11-12,15H,7-8,10H2,1-3H3. The summed E-state index contributed by atoms with van der Waals surface area (Å²) < 4.78 is 0. The first-order valence-corrected chi connectivity index (χ1v) is 5.80. The van der Waals surface area contributed by atoms with Gasteiger partial charge in [0.1, 0.15) is 0 Å². The second-order valence-electron chi connectivity index (χ2n) is 4.91. The summed E-state index contributed by atoms with van der Waals surface area (Å²) in [6.45, 7) is 6.83. The number of hydrogen-bond donors (Lipinski definition) is 1. The van der Waals surface area contributed by atoms with Crippen LogP contribution < -0.4 is 0 Å². The molecule has 0 spiro atoms. The summed E-state index contributed by atoms with van der Waals surface area (Å²) in [6, 6.07) is 8.73. The molecule has 0 aliphatic carbocycles. The third-order valence-corrected chi connectivity index (χ3v) is 2.53. The lowest BCUT2D eigenvalue weighted by Gasteiger charge is -2.10. The van der Waals surface area contributed by atoms with Gasteiger partial charge >= 0.3 is 0 Å². The van der Waals surface area contributed by atoms with E-state index in [1.807, 2.05) is 0 Å². The highest BCUT2D eigenvalue weighted by Gasteiger charge is 2.03. The monoisotopic (exact) mass is 206 g/mol. The van der Waals surface area contributed by atoms with E-state index >= 15 is 0 Å². The first kappa shape index (κ1) is 12.3. The van der Waals surface area contributed by atoms with Crippen molar-refractivity contribution < 1.29 is 5.11 Å². The van der Waals surface area contributed by atoms with Crippen molar-refractivity contribution in [2.75, 3.05) is 6.61 Å². The Balaban J connectivity index is 2.65. The Morgan fingerprint density at radius 3 is 2.20 bits per heavy atom. The Labute approximate surface area is 93.1 Å². The first-order chi connectivity index (χ1) is 7.11. The number of aliphatic hydroxyl groups is 1. The molecule has 0 fully saturated rings. The molecule has 1 nitrogen and oxygen atoms in total. The second kappa shape index (κ2) is 5.92. The predicted octanol–water partition coefficient (Wildman–Crippen LogP) is 3.06. The molecule has 1 heteroatoms. The van der Waals surface area contributed by atoms with Crippen LogP contribution in [0, 0.1) is 11.8 Å². The van der Waals surface area contributed by atoms with Gasteiger partial charge in [0, 0.05) is 6.61 Å². The molecule has 1 atom stereocenters. The predicted molar refractivity (Wildman–Crippen MR) is 64.9 cm³/mol. The van der Waals surface area contributed by atoms with E-state index in [0.29, 0.717) is 11.8 Å². The van der Waals surface area contributed by atoms with E-state index in [4.69, 9.17) is 5.11 Å². The summed E-state index contributed by atoms with van der Waals surface area (Å²) in [5, 5.41) is 9.01. The van der Waals surface area contributed by atoms with Gasteiger partial charge in [-0.25, -0.2) is 0 Å². The molecule has 0 saturated heterocycles. The summed E-state index contributed by atoms with van der Waals surface area (Å²) in [5.41, 5.74) is 2.75. The second-order valence-corrected chi connectivity index (χ2v) is 4.91. The van der Waals surface area contributed by atoms with E-state index in [1.165, 1.54) is 11.1 Å². The molecule has 1 rings (SSSR count). The van der Waals surface area contributed by atoms with Gasteiger partial charge in [-0.2, -0.15) is 0 Å². The largest absolute Gasteiger partial charge is 0.396 e. The number of benzene rings is 1. The SMILES string of the molecule is CC(C)Cc1cccc(CC(C)CO)c1. The van der Waals surface area contributed by atoms with Crippen molar-refractivity contribution in [1.82, 2.24) is 0 Å². The van der Waals surface area contributed by atoms with Crippen molar-refractivity contribution in [2.45, 2.75) is 33.6 Å². The van der Waals surface area contributed by atoms with E-state index in [9.17, 15) is 0 Å². The summed E-state index contributed by atoms with van der Waals surface area (Å²) >= 11 is 0. The van der Waals surface area contributed by atoms with E-state index in [1.54, 1.807) is 0 Å². The molecule has 1 N–H and O–H groups in total. The highest BCUT2D eigenvalue weighted by atomic mass is 16.3. The zero-order valence-corrected chi connectivity index (χ0v) is 10.0. The van der Waals surface area contributed by atoms with Crippen LogP contribution in [-0.4, -0.2) is 11.7 Å². The number of hydrogen-bond acceptors (Lipinski definition) is 1. The zero-order chi connectivity index (χ0) is 11.3. The topological polar surface area (TPSA) is 20.2 Å². The summed E-state index contributed by atoms with van der Waals surface area (Å²) in [5.74, 6) is 1.06. The van der Waals surface area contributed by atoms with E-state index in [-0.39, 0.29) is 6.61 Å². The van der Waals surface area contributed by atoms with Crippen molar-refractivity contribution in [3.63, 3.8) is 0 Å². The van der Waals surface area contributed by atoms with Crippen LogP contribution in [0.5, 0.6) is 0 Å². The molecule has 0 bridgehead atoms. The average molecular weight is 206 g/mol. The molecule has 0 amide bonds. The minimum atomic E-state index is 0.272. The molecule has 1 aromatic rings. The fraction of sp³-hybridized carbons (Fsp3) is 0.571. The lowest BCUT2D eigenvalue weighted by atomic mass is 9.97. The maximum Gasteiger partial charge on any atom is 0.0459 e. The highest BCUT2D eigenvalue weighted by Crippen LogP contribution is 2.13. The third kappa shape index (κ3) is 4.48. The van der Waals surface area contributed by atoms with Gasteiger partial charge in [0.25, 0.3) is 0 Å². The molecule has 1 unspecified atom stereocenters. The molecule has 15 heavy (non-hydrogen) atoms. The minimum Gasteiger partial charge on any atom is -0.396 e. The molecule has 0 aliphatic heterocycles. The zero-order valence-electron chi connectivity index (χ0n) is 10.0. The van der Waals surface area contributed by atoms with Crippen LogP contribution in [0.15, 0.2) is 24.3 Å². The summed E-state index contributed by atoms with van der Waals surface area (Å²) in [6.07, 6.45) is 2.11. The van der Waals surface area contributed by atoms with Gasteiger partial charge in [-0.15, -0.1) is 0 Å². The molecular weight excluding hydrogens is 184 g/mol. The first-order valence-electron chi connectivity index (χ1n) is 5.80. The van der Waals surface area contributed by atoms with Crippen LogP contribution >= 0.6 is 0 Å². The van der Waals surface area contributed by atoms with E-state index in [0.717, 1.165) is 12.8 Å². The van der Waals surface area contributed by atoms with Crippen LogP contribution in [0.25, 0.3) is 0 Å². The van der Waals surface area contributed by atoms with Gasteiger partial charge in [0.2, 0.25) is 0 Å². The lowest BCUT2D eigenvalue weighted by Crippen LogP contribution is -2.05. The van der Waals surface area contributed by atoms with Gasteiger partial charge in [-0.05, 0) is 35.8 Å². The van der Waals surface area contributed by atoms with Gasteiger partial charge in [-0.1, -0.05) is 45.0 Å². The van der Waals surface area contributed by atoms with Crippen LogP contribution in [0.2, 0.25) is 0 Å². The van der Waals surface area contributed by atoms with Crippen LogP contribution in [0.3, 0.4) is 0 Å². The van der Waals surface area contributed by atoms with Crippen molar-refractivity contribution in [1.29, 1.82) is 0 Å². The average Bonchev–Trinajstić information content (AvgIpc) is 2.17. The number of rotatable bonds is 5. The highest BCUT2D eigenvalue weighted by molar-refractivity contribution is 5.24. The molecule has 0 saturated carbocycles. The van der Waals surface area contributed by atoms with Crippen molar-refractivity contribution >= 4 is 0 Å². The molecule has 1 aromatic carbocycles. The Kier molecular flexibility index (Phi) is 4.83. The van der Waals surface area contributed by atoms with Gasteiger partial charge < -0.3 is 5.11 Å². The lowest BCUT2D eigenvalue weighted by molar-refractivity contribution is 0.237. The third-order valence-electron chi connectivity index (χ3n) is 2.53. The summed E-state index contributed by atoms with van der Waals surface area (Å²) in [4.78, 5) is 0.